The average molecular weight is 266 g/mol. The molecule has 18 heavy (non-hydrogen) atoms. The van der Waals surface area contributed by atoms with Gasteiger partial charge in [-0.15, -0.1) is 0 Å². The van der Waals surface area contributed by atoms with Crippen molar-refractivity contribution in [3.05, 3.63) is 23.2 Å². The SMILES string of the molecule is Nc1cc(Cl)ccc1N1CCC(N2CCCC2)C1. The molecule has 2 N–H and O–H groups in total. The summed E-state index contributed by atoms with van der Waals surface area (Å²) >= 11 is 5.95. The van der Waals surface area contributed by atoms with E-state index in [1.807, 2.05) is 18.2 Å². The van der Waals surface area contributed by atoms with Gasteiger partial charge in [-0.05, 0) is 50.6 Å². The molecule has 0 amide bonds. The number of hydrogen-bond acceptors (Lipinski definition) is 3. The predicted molar refractivity (Wildman–Crippen MR) is 77.3 cm³/mol. The van der Waals surface area contributed by atoms with Gasteiger partial charge >= 0.3 is 0 Å². The van der Waals surface area contributed by atoms with E-state index in [4.69, 9.17) is 17.3 Å². The Morgan fingerprint density at radius 1 is 1.17 bits per heavy atom. The third-order valence-corrected chi connectivity index (χ3v) is 4.39. The molecule has 3 rings (SSSR count). The molecule has 2 aliphatic heterocycles. The number of rotatable bonds is 2. The van der Waals surface area contributed by atoms with Crippen LogP contribution in [0.5, 0.6) is 0 Å². The van der Waals surface area contributed by atoms with Gasteiger partial charge in [-0.25, -0.2) is 0 Å². The molecule has 0 aliphatic carbocycles. The lowest BCUT2D eigenvalue weighted by Crippen LogP contribution is -2.35. The van der Waals surface area contributed by atoms with E-state index in [1.54, 1.807) is 0 Å². The molecule has 4 heteroatoms. The monoisotopic (exact) mass is 265 g/mol. The highest BCUT2D eigenvalue weighted by molar-refractivity contribution is 6.31. The van der Waals surface area contributed by atoms with Crippen molar-refractivity contribution in [3.63, 3.8) is 0 Å². The molecule has 0 spiro atoms. The van der Waals surface area contributed by atoms with Crippen LogP contribution in [0.15, 0.2) is 18.2 Å². The van der Waals surface area contributed by atoms with Crippen molar-refractivity contribution >= 4 is 23.0 Å². The topological polar surface area (TPSA) is 32.5 Å². The van der Waals surface area contributed by atoms with E-state index in [9.17, 15) is 0 Å². The number of likely N-dealkylation sites (tertiary alicyclic amines) is 1. The zero-order chi connectivity index (χ0) is 12.5. The lowest BCUT2D eigenvalue weighted by molar-refractivity contribution is 0.260. The molecule has 1 atom stereocenters. The first-order chi connectivity index (χ1) is 8.74. The zero-order valence-corrected chi connectivity index (χ0v) is 11.4. The highest BCUT2D eigenvalue weighted by Crippen LogP contribution is 2.31. The lowest BCUT2D eigenvalue weighted by Gasteiger charge is -2.25. The second-order valence-corrected chi connectivity index (χ2v) is 5.77. The van der Waals surface area contributed by atoms with Crippen molar-refractivity contribution in [1.29, 1.82) is 0 Å². The Labute approximate surface area is 114 Å². The van der Waals surface area contributed by atoms with E-state index in [0.29, 0.717) is 11.1 Å². The van der Waals surface area contributed by atoms with Crippen LogP contribution in [-0.2, 0) is 0 Å². The minimum atomic E-state index is 0.711. The van der Waals surface area contributed by atoms with Crippen LogP contribution in [0.2, 0.25) is 5.02 Å². The van der Waals surface area contributed by atoms with Gasteiger partial charge in [0.25, 0.3) is 0 Å². The fourth-order valence-corrected chi connectivity index (χ4v) is 3.36. The van der Waals surface area contributed by atoms with Crippen LogP contribution in [0.3, 0.4) is 0 Å². The molecular formula is C14H20ClN3. The van der Waals surface area contributed by atoms with Crippen molar-refractivity contribution < 1.29 is 0 Å². The maximum atomic E-state index is 6.06. The van der Waals surface area contributed by atoms with Crippen LogP contribution in [0.4, 0.5) is 11.4 Å². The van der Waals surface area contributed by atoms with Crippen molar-refractivity contribution in [2.75, 3.05) is 36.8 Å². The minimum Gasteiger partial charge on any atom is -0.397 e. The maximum absolute atomic E-state index is 6.06. The molecule has 1 unspecified atom stereocenters. The number of benzene rings is 1. The summed E-state index contributed by atoms with van der Waals surface area (Å²) in [5, 5.41) is 0.714. The van der Waals surface area contributed by atoms with Crippen LogP contribution >= 0.6 is 11.6 Å². The molecular weight excluding hydrogens is 246 g/mol. The highest BCUT2D eigenvalue weighted by Gasteiger charge is 2.29. The molecule has 1 aromatic carbocycles. The quantitative estimate of drug-likeness (QED) is 0.835. The van der Waals surface area contributed by atoms with Gasteiger partial charge in [0.1, 0.15) is 0 Å². The van der Waals surface area contributed by atoms with E-state index in [1.165, 1.54) is 32.4 Å². The molecule has 2 heterocycles. The second-order valence-electron chi connectivity index (χ2n) is 5.33. The summed E-state index contributed by atoms with van der Waals surface area (Å²) in [4.78, 5) is 5.03. The van der Waals surface area contributed by atoms with Gasteiger partial charge < -0.3 is 10.6 Å². The number of halogens is 1. The van der Waals surface area contributed by atoms with E-state index in [2.05, 4.69) is 9.80 Å². The Balaban J connectivity index is 1.71. The van der Waals surface area contributed by atoms with Gasteiger partial charge in [-0.1, -0.05) is 11.6 Å². The molecule has 2 saturated heterocycles. The first kappa shape index (κ1) is 12.1. The molecule has 0 radical (unpaired) electrons. The van der Waals surface area contributed by atoms with Crippen LogP contribution in [0.1, 0.15) is 19.3 Å². The van der Waals surface area contributed by atoms with Crippen molar-refractivity contribution in [2.45, 2.75) is 25.3 Å². The number of hydrogen-bond donors (Lipinski definition) is 1. The molecule has 2 fully saturated rings. The number of nitrogens with two attached hydrogens (primary N) is 1. The Morgan fingerprint density at radius 3 is 2.67 bits per heavy atom. The van der Waals surface area contributed by atoms with Gasteiger partial charge in [0.05, 0.1) is 11.4 Å². The van der Waals surface area contributed by atoms with E-state index in [0.717, 1.165) is 24.5 Å². The van der Waals surface area contributed by atoms with Gasteiger partial charge in [-0.3, -0.25) is 4.90 Å². The fraction of sp³-hybridized carbons (Fsp3) is 0.571. The molecule has 1 aromatic rings. The smallest absolute Gasteiger partial charge is 0.0601 e. The third-order valence-electron chi connectivity index (χ3n) is 4.15. The Hall–Kier alpha value is -0.930. The Kier molecular flexibility index (Phi) is 3.35. The van der Waals surface area contributed by atoms with Crippen molar-refractivity contribution in [1.82, 2.24) is 4.90 Å². The van der Waals surface area contributed by atoms with Crippen LogP contribution in [0.25, 0.3) is 0 Å². The average Bonchev–Trinajstić information content (AvgIpc) is 2.99. The van der Waals surface area contributed by atoms with Gasteiger partial charge in [0, 0.05) is 24.2 Å². The molecule has 0 aromatic heterocycles. The first-order valence-corrected chi connectivity index (χ1v) is 7.16. The summed E-state index contributed by atoms with van der Waals surface area (Å²) in [6, 6.07) is 6.53. The normalized spacial score (nSPS) is 24.9. The first-order valence-electron chi connectivity index (χ1n) is 6.78. The number of nitrogens with zero attached hydrogens (tertiary/aromatic N) is 2. The summed E-state index contributed by atoms with van der Waals surface area (Å²) in [5.74, 6) is 0. The third kappa shape index (κ3) is 2.29. The standard InChI is InChI=1S/C14H20ClN3/c15-11-3-4-14(13(16)9-11)18-8-5-12(10-18)17-6-1-2-7-17/h3-4,9,12H,1-2,5-8,10,16H2. The maximum Gasteiger partial charge on any atom is 0.0601 e. The van der Waals surface area contributed by atoms with Crippen LogP contribution in [0, 0.1) is 0 Å². The van der Waals surface area contributed by atoms with Crippen molar-refractivity contribution in [2.24, 2.45) is 0 Å². The summed E-state index contributed by atoms with van der Waals surface area (Å²) in [5.41, 5.74) is 8.00. The molecule has 0 saturated carbocycles. The molecule has 3 nitrogen and oxygen atoms in total. The fourth-order valence-electron chi connectivity index (χ4n) is 3.18. The Bertz CT molecular complexity index is 429. The molecule has 2 aliphatic rings. The van der Waals surface area contributed by atoms with Gasteiger partial charge in [0.2, 0.25) is 0 Å². The predicted octanol–water partition coefficient (Wildman–Crippen LogP) is 2.60. The van der Waals surface area contributed by atoms with Crippen LogP contribution < -0.4 is 10.6 Å². The molecule has 98 valence electrons. The second kappa shape index (κ2) is 4.98. The Morgan fingerprint density at radius 2 is 1.94 bits per heavy atom. The zero-order valence-electron chi connectivity index (χ0n) is 10.6. The number of anilines is 2. The molecule has 0 bridgehead atoms. The summed E-state index contributed by atoms with van der Waals surface area (Å²) in [7, 11) is 0. The van der Waals surface area contributed by atoms with E-state index < -0.39 is 0 Å². The minimum absolute atomic E-state index is 0.711. The van der Waals surface area contributed by atoms with Crippen molar-refractivity contribution in [3.8, 4) is 0 Å². The largest absolute Gasteiger partial charge is 0.397 e. The van der Waals surface area contributed by atoms with Gasteiger partial charge in [-0.2, -0.15) is 0 Å². The van der Waals surface area contributed by atoms with Gasteiger partial charge in [0.15, 0.2) is 0 Å². The summed E-state index contributed by atoms with van der Waals surface area (Å²) < 4.78 is 0. The van der Waals surface area contributed by atoms with Crippen LogP contribution in [-0.4, -0.2) is 37.1 Å². The summed E-state index contributed by atoms with van der Waals surface area (Å²) in [6.45, 7) is 4.75. The highest BCUT2D eigenvalue weighted by atomic mass is 35.5. The van der Waals surface area contributed by atoms with E-state index >= 15 is 0 Å². The lowest BCUT2D eigenvalue weighted by atomic mass is 10.2. The summed E-state index contributed by atoms with van der Waals surface area (Å²) in [6.07, 6.45) is 3.97. The van der Waals surface area contributed by atoms with E-state index in [-0.39, 0.29) is 0 Å². The number of nitrogen functional groups attached to an aromatic ring is 1.